The molecule has 30 heavy (non-hydrogen) atoms. The Bertz CT molecular complexity index is 814. The molecule has 166 valence electrons. The molecule has 3 aliphatic rings. The number of nitrogens with two attached hydrogens (primary N) is 1. The van der Waals surface area contributed by atoms with Crippen LogP contribution in [0.3, 0.4) is 0 Å². The summed E-state index contributed by atoms with van der Waals surface area (Å²) in [6, 6.07) is 3.25. The van der Waals surface area contributed by atoms with Crippen molar-refractivity contribution in [3.63, 3.8) is 0 Å². The van der Waals surface area contributed by atoms with Gasteiger partial charge in [0.05, 0.1) is 21.8 Å². The zero-order valence-corrected chi connectivity index (χ0v) is 20.9. The molecule has 4 rings (SSSR count). The minimum absolute atomic E-state index is 0.120. The van der Waals surface area contributed by atoms with Crippen molar-refractivity contribution in [1.29, 1.82) is 0 Å². The predicted molar refractivity (Wildman–Crippen MR) is 130 cm³/mol. The Morgan fingerprint density at radius 2 is 2.00 bits per heavy atom. The number of halogens is 2. The van der Waals surface area contributed by atoms with Crippen molar-refractivity contribution >= 4 is 46.2 Å². The van der Waals surface area contributed by atoms with Gasteiger partial charge in [0.25, 0.3) is 5.91 Å². The van der Waals surface area contributed by atoms with Gasteiger partial charge in [0.2, 0.25) is 0 Å². The molecule has 7 heteroatoms. The molecule has 3 unspecified atom stereocenters. The molecule has 1 heterocycles. The molecule has 0 aromatic heterocycles. The summed E-state index contributed by atoms with van der Waals surface area (Å²) in [4.78, 5) is 16.0. The third-order valence-corrected chi connectivity index (χ3v) is 8.83. The first-order valence-corrected chi connectivity index (χ1v) is 12.5. The summed E-state index contributed by atoms with van der Waals surface area (Å²) in [5, 5.41) is 3.80. The van der Waals surface area contributed by atoms with Crippen LogP contribution in [-0.4, -0.2) is 36.0 Å². The summed E-state index contributed by atoms with van der Waals surface area (Å²) in [5.41, 5.74) is 7.08. The summed E-state index contributed by atoms with van der Waals surface area (Å²) in [5.74, 6) is 1.97. The van der Waals surface area contributed by atoms with Crippen LogP contribution in [0, 0.1) is 17.3 Å². The van der Waals surface area contributed by atoms with E-state index in [2.05, 4.69) is 24.1 Å². The SMILES string of the molecule is CC1CCN(CC2(NC(=O)c3cc(Cl)c(N)cc3OI)CCCCC2)CC12CC2C. The standard InChI is InChI=1S/C23H33ClIN3O2/c1-15-6-9-28(14-23(15)12-16(23)2)13-22(7-4-3-5-8-22)27-21(29)17-10-18(24)19(26)11-20(17)30-25/h10-11,15-16H,3-9,12-14,26H2,1-2H3,(H,27,29). The van der Waals surface area contributed by atoms with E-state index in [9.17, 15) is 4.79 Å². The van der Waals surface area contributed by atoms with Crippen molar-refractivity contribution in [2.24, 2.45) is 17.3 Å². The normalized spacial score (nSPS) is 30.8. The number of piperidine rings is 1. The first-order valence-electron chi connectivity index (χ1n) is 11.2. The van der Waals surface area contributed by atoms with Crippen LogP contribution in [0.4, 0.5) is 5.69 Å². The van der Waals surface area contributed by atoms with Gasteiger partial charge in [-0.05, 0) is 55.5 Å². The van der Waals surface area contributed by atoms with Crippen LogP contribution in [-0.2, 0) is 0 Å². The highest BCUT2D eigenvalue weighted by Crippen LogP contribution is 2.60. The zero-order valence-electron chi connectivity index (χ0n) is 18.0. The van der Waals surface area contributed by atoms with Gasteiger partial charge in [0.1, 0.15) is 5.75 Å². The lowest BCUT2D eigenvalue weighted by Crippen LogP contribution is -2.58. The van der Waals surface area contributed by atoms with E-state index in [-0.39, 0.29) is 11.4 Å². The number of nitrogen functional groups attached to an aromatic ring is 1. The maximum atomic E-state index is 13.3. The lowest BCUT2D eigenvalue weighted by atomic mass is 9.78. The molecule has 3 N–H and O–H groups in total. The maximum absolute atomic E-state index is 13.3. The van der Waals surface area contributed by atoms with Crippen LogP contribution >= 0.6 is 34.6 Å². The fourth-order valence-electron chi connectivity index (χ4n) is 5.97. The Balaban J connectivity index is 1.53. The fraction of sp³-hybridized carbons (Fsp3) is 0.696. The topological polar surface area (TPSA) is 67.6 Å². The number of likely N-dealkylation sites (tertiary alicyclic amines) is 1. The molecule has 2 aliphatic carbocycles. The molecule has 1 saturated heterocycles. The van der Waals surface area contributed by atoms with Gasteiger partial charge in [0, 0.05) is 19.2 Å². The maximum Gasteiger partial charge on any atom is 0.255 e. The van der Waals surface area contributed by atoms with E-state index in [1.165, 1.54) is 25.8 Å². The molecule has 3 atom stereocenters. The average molecular weight is 546 g/mol. The average Bonchev–Trinajstić information content (AvgIpc) is 3.36. The van der Waals surface area contributed by atoms with Gasteiger partial charge in [-0.15, -0.1) is 0 Å². The molecule has 1 aromatic carbocycles. The van der Waals surface area contributed by atoms with Gasteiger partial charge in [0.15, 0.2) is 23.0 Å². The van der Waals surface area contributed by atoms with Crippen LogP contribution < -0.4 is 14.1 Å². The molecule has 3 fully saturated rings. The lowest BCUT2D eigenvalue weighted by Gasteiger charge is -2.46. The number of nitrogens with one attached hydrogen (secondary N) is 1. The smallest absolute Gasteiger partial charge is 0.255 e. The van der Waals surface area contributed by atoms with Gasteiger partial charge in [-0.3, -0.25) is 4.79 Å². The number of hydrogen-bond donors (Lipinski definition) is 2. The molecule has 1 amide bonds. The van der Waals surface area contributed by atoms with Crippen LogP contribution in [0.5, 0.6) is 5.75 Å². The minimum Gasteiger partial charge on any atom is -0.427 e. The summed E-state index contributed by atoms with van der Waals surface area (Å²) < 4.78 is 5.39. The van der Waals surface area contributed by atoms with Crippen LogP contribution in [0.2, 0.25) is 5.02 Å². The van der Waals surface area contributed by atoms with Crippen LogP contribution in [0.25, 0.3) is 0 Å². The number of nitrogens with zero attached hydrogens (tertiary/aromatic N) is 1. The molecule has 2 saturated carbocycles. The Labute approximate surface area is 199 Å². The van der Waals surface area contributed by atoms with E-state index in [4.69, 9.17) is 20.4 Å². The number of rotatable bonds is 5. The summed E-state index contributed by atoms with van der Waals surface area (Å²) in [6.07, 6.45) is 8.21. The lowest BCUT2D eigenvalue weighted by molar-refractivity contribution is 0.0548. The second kappa shape index (κ2) is 8.66. The number of carbonyl (C=O) groups is 1. The van der Waals surface area contributed by atoms with Gasteiger partial charge < -0.3 is 19.0 Å². The highest BCUT2D eigenvalue weighted by atomic mass is 127. The first-order chi connectivity index (χ1) is 14.3. The molecule has 0 radical (unpaired) electrons. The molecule has 0 bridgehead atoms. The monoisotopic (exact) mass is 545 g/mol. The molecule has 1 spiro atoms. The molecule has 1 aromatic rings. The van der Waals surface area contributed by atoms with Gasteiger partial charge in [-0.1, -0.05) is 44.7 Å². The van der Waals surface area contributed by atoms with Crippen molar-refractivity contribution in [2.75, 3.05) is 25.4 Å². The molecular formula is C23H33ClIN3O2. The summed E-state index contributed by atoms with van der Waals surface area (Å²) >= 11 is 8.00. The Morgan fingerprint density at radius 3 is 2.63 bits per heavy atom. The first kappa shape index (κ1) is 22.5. The predicted octanol–water partition coefficient (Wildman–Crippen LogP) is 5.45. The molecule has 5 nitrogen and oxygen atoms in total. The quantitative estimate of drug-likeness (QED) is 0.381. The second-order valence-corrected chi connectivity index (χ2v) is 10.8. The molecule has 1 aliphatic heterocycles. The Hall–Kier alpha value is -0.730. The number of hydrogen-bond acceptors (Lipinski definition) is 4. The highest BCUT2D eigenvalue weighted by molar-refractivity contribution is 14.1. The van der Waals surface area contributed by atoms with E-state index in [0.29, 0.717) is 27.4 Å². The number of carbonyl (C=O) groups excluding carboxylic acids is 1. The minimum atomic E-state index is -0.189. The summed E-state index contributed by atoms with van der Waals surface area (Å²) in [6.45, 7) is 8.05. The van der Waals surface area contributed by atoms with Crippen molar-refractivity contribution in [3.8, 4) is 5.75 Å². The molecular weight excluding hydrogens is 513 g/mol. The third kappa shape index (κ3) is 4.29. The highest BCUT2D eigenvalue weighted by Gasteiger charge is 2.57. The number of amides is 1. The van der Waals surface area contributed by atoms with Crippen molar-refractivity contribution < 1.29 is 7.86 Å². The second-order valence-electron chi connectivity index (χ2n) is 9.98. The third-order valence-electron chi connectivity index (χ3n) is 8.03. The van der Waals surface area contributed by atoms with E-state index in [0.717, 1.165) is 50.6 Å². The van der Waals surface area contributed by atoms with E-state index in [1.807, 2.05) is 0 Å². The number of anilines is 1. The van der Waals surface area contributed by atoms with Crippen LogP contribution in [0.1, 0.15) is 69.2 Å². The Morgan fingerprint density at radius 1 is 1.30 bits per heavy atom. The summed E-state index contributed by atoms with van der Waals surface area (Å²) in [7, 11) is 0. The van der Waals surface area contributed by atoms with Gasteiger partial charge in [-0.25, -0.2) is 0 Å². The van der Waals surface area contributed by atoms with Crippen molar-refractivity contribution in [2.45, 2.75) is 64.3 Å². The van der Waals surface area contributed by atoms with Gasteiger partial charge >= 0.3 is 0 Å². The zero-order chi connectivity index (χ0) is 21.5. The van der Waals surface area contributed by atoms with E-state index < -0.39 is 0 Å². The number of benzene rings is 1. The largest absolute Gasteiger partial charge is 0.427 e. The Kier molecular flexibility index (Phi) is 6.48. The van der Waals surface area contributed by atoms with Crippen molar-refractivity contribution in [3.05, 3.63) is 22.7 Å². The van der Waals surface area contributed by atoms with Gasteiger partial charge in [-0.2, -0.15) is 0 Å². The van der Waals surface area contributed by atoms with E-state index >= 15 is 0 Å². The van der Waals surface area contributed by atoms with E-state index in [1.54, 1.807) is 35.1 Å². The van der Waals surface area contributed by atoms with Crippen molar-refractivity contribution in [1.82, 2.24) is 10.2 Å². The fourth-order valence-corrected chi connectivity index (χ4v) is 6.49. The van der Waals surface area contributed by atoms with Crippen LogP contribution in [0.15, 0.2) is 12.1 Å².